The Hall–Kier alpha value is -2.93. The monoisotopic (exact) mass is 289 g/mol. The summed E-state index contributed by atoms with van der Waals surface area (Å²) in [5.41, 5.74) is 19.3. The summed E-state index contributed by atoms with van der Waals surface area (Å²) in [5.74, 6) is 0.600. The molecular formula is C14H23N7. The van der Waals surface area contributed by atoms with E-state index in [0.29, 0.717) is 22.7 Å². The number of nitrogens with one attached hydrogen (secondary N) is 1. The number of hydrogen-bond acceptors (Lipinski definition) is 6. The second kappa shape index (κ2) is 10.9. The van der Waals surface area contributed by atoms with Crippen molar-refractivity contribution >= 4 is 5.82 Å². The van der Waals surface area contributed by atoms with Gasteiger partial charge in [0.05, 0.1) is 12.1 Å². The topological polar surface area (TPSA) is 154 Å². The lowest BCUT2D eigenvalue weighted by Gasteiger charge is -1.85. The average Bonchev–Trinajstić information content (AvgIpc) is 2.77. The van der Waals surface area contributed by atoms with Gasteiger partial charge < -0.3 is 17.2 Å². The third kappa shape index (κ3) is 9.62. The lowest BCUT2D eigenvalue weighted by Crippen LogP contribution is -1.92. The summed E-state index contributed by atoms with van der Waals surface area (Å²) in [6.45, 7) is 8.93. The van der Waals surface area contributed by atoms with Crippen molar-refractivity contribution in [2.24, 2.45) is 11.5 Å². The average molecular weight is 289 g/mol. The van der Waals surface area contributed by atoms with Crippen molar-refractivity contribution in [1.82, 2.24) is 10.2 Å². The highest BCUT2D eigenvalue weighted by Crippen LogP contribution is 2.07. The van der Waals surface area contributed by atoms with Gasteiger partial charge in [0.25, 0.3) is 0 Å². The first-order valence-corrected chi connectivity index (χ1v) is 6.09. The number of nitriles is 2. The van der Waals surface area contributed by atoms with Crippen LogP contribution in [0.3, 0.4) is 0 Å². The number of allylic oxidation sites excluding steroid dienone is 3. The molecule has 0 aliphatic rings. The number of nitrogens with zero attached hydrogens (tertiary/aromatic N) is 3. The van der Waals surface area contributed by atoms with Gasteiger partial charge in [-0.25, -0.2) is 0 Å². The molecule has 0 bridgehead atoms. The number of aromatic nitrogens is 2. The van der Waals surface area contributed by atoms with Crippen LogP contribution in [-0.2, 0) is 0 Å². The molecule has 7 nitrogen and oxygen atoms in total. The first-order chi connectivity index (χ1) is 9.70. The molecule has 0 atom stereocenters. The number of rotatable bonds is 0. The van der Waals surface area contributed by atoms with Crippen molar-refractivity contribution in [3.05, 3.63) is 34.3 Å². The van der Waals surface area contributed by atoms with Crippen LogP contribution in [0.25, 0.3) is 0 Å². The molecule has 7 heteroatoms. The first-order valence-electron chi connectivity index (χ1n) is 6.09. The second-order valence-electron chi connectivity index (χ2n) is 4.24. The predicted molar refractivity (Wildman–Crippen MR) is 84.2 cm³/mol. The Morgan fingerprint density at radius 2 is 1.71 bits per heavy atom. The van der Waals surface area contributed by atoms with Crippen LogP contribution in [0.1, 0.15) is 32.0 Å². The molecule has 0 spiro atoms. The number of hydrogen-bond donors (Lipinski definition) is 4. The van der Waals surface area contributed by atoms with E-state index in [4.69, 9.17) is 27.7 Å². The van der Waals surface area contributed by atoms with Crippen molar-refractivity contribution < 1.29 is 0 Å². The Kier molecular flexibility index (Phi) is 10.6. The molecule has 7 N–H and O–H groups in total. The summed E-state index contributed by atoms with van der Waals surface area (Å²) < 4.78 is 0. The van der Waals surface area contributed by atoms with Gasteiger partial charge in [0.2, 0.25) is 0 Å². The molecule has 0 radical (unpaired) electrons. The highest BCUT2D eigenvalue weighted by Gasteiger charge is 1.97. The Balaban J connectivity index is 0. The SMILES string of the molecule is CC(C#N)=CN.CC(N)=C(C)C#N.Cc1[nH]nc(N)c1C. The van der Waals surface area contributed by atoms with Crippen LogP contribution in [0.15, 0.2) is 23.0 Å². The molecule has 0 unspecified atom stereocenters. The summed E-state index contributed by atoms with van der Waals surface area (Å²) in [5, 5.41) is 22.6. The molecule has 114 valence electrons. The van der Waals surface area contributed by atoms with Gasteiger partial charge >= 0.3 is 0 Å². The van der Waals surface area contributed by atoms with E-state index in [1.54, 1.807) is 20.8 Å². The van der Waals surface area contributed by atoms with Gasteiger partial charge in [-0.2, -0.15) is 15.6 Å². The van der Waals surface area contributed by atoms with Gasteiger partial charge in [-0.3, -0.25) is 5.10 Å². The number of anilines is 1. The van der Waals surface area contributed by atoms with Gasteiger partial charge in [0, 0.05) is 34.3 Å². The normalized spacial score (nSPS) is 10.7. The maximum atomic E-state index is 8.12. The molecular weight excluding hydrogens is 266 g/mol. The predicted octanol–water partition coefficient (Wildman–Crippen LogP) is 1.74. The van der Waals surface area contributed by atoms with E-state index in [-0.39, 0.29) is 0 Å². The number of aromatic amines is 1. The second-order valence-corrected chi connectivity index (χ2v) is 4.24. The number of aryl methyl sites for hydroxylation is 1. The van der Waals surface area contributed by atoms with Crippen LogP contribution in [-0.4, -0.2) is 10.2 Å². The molecule has 0 saturated carbocycles. The van der Waals surface area contributed by atoms with Gasteiger partial charge in [0.15, 0.2) is 0 Å². The minimum Gasteiger partial charge on any atom is -0.404 e. The molecule has 1 rings (SSSR count). The van der Waals surface area contributed by atoms with Crippen LogP contribution in [0, 0.1) is 36.5 Å². The third-order valence-electron chi connectivity index (χ3n) is 2.48. The van der Waals surface area contributed by atoms with E-state index in [1.807, 2.05) is 26.0 Å². The Morgan fingerprint density at radius 1 is 1.19 bits per heavy atom. The molecule has 0 fully saturated rings. The van der Waals surface area contributed by atoms with E-state index >= 15 is 0 Å². The van der Waals surface area contributed by atoms with E-state index < -0.39 is 0 Å². The lowest BCUT2D eigenvalue weighted by atomic mass is 10.3. The van der Waals surface area contributed by atoms with Crippen LogP contribution in [0.4, 0.5) is 5.82 Å². The summed E-state index contributed by atoms with van der Waals surface area (Å²) in [6.07, 6.45) is 1.28. The highest BCUT2D eigenvalue weighted by molar-refractivity contribution is 5.39. The third-order valence-corrected chi connectivity index (χ3v) is 2.48. The van der Waals surface area contributed by atoms with E-state index in [2.05, 4.69) is 10.2 Å². The Morgan fingerprint density at radius 3 is 1.76 bits per heavy atom. The molecule has 0 aliphatic heterocycles. The van der Waals surface area contributed by atoms with E-state index in [0.717, 1.165) is 11.3 Å². The molecule has 0 saturated heterocycles. The zero-order valence-corrected chi connectivity index (χ0v) is 13.2. The molecule has 1 heterocycles. The number of nitrogens with two attached hydrogens (primary N) is 3. The van der Waals surface area contributed by atoms with Gasteiger partial charge in [-0.15, -0.1) is 0 Å². The molecule has 1 aromatic rings. The Labute approximate surface area is 125 Å². The molecule has 0 amide bonds. The van der Waals surface area contributed by atoms with Crippen LogP contribution >= 0.6 is 0 Å². The van der Waals surface area contributed by atoms with E-state index in [9.17, 15) is 0 Å². The standard InChI is InChI=1S/C5H9N3.C5H8N2.C4H6N2/c1-3-4(2)7-8-5(3)6;1-4(3-6)5(2)7;1-4(2-5)3-6/h1-2H3,(H3,6,7,8);7H2,1-2H3;2H,5H2,1H3. The van der Waals surface area contributed by atoms with Crippen LogP contribution < -0.4 is 17.2 Å². The fourth-order valence-corrected chi connectivity index (χ4v) is 0.629. The molecule has 1 aromatic heterocycles. The van der Waals surface area contributed by atoms with Crippen molar-refractivity contribution in [2.75, 3.05) is 5.73 Å². The molecule has 0 aromatic carbocycles. The minimum absolute atomic E-state index is 0.551. The largest absolute Gasteiger partial charge is 0.404 e. The summed E-state index contributed by atoms with van der Waals surface area (Å²) in [7, 11) is 0. The van der Waals surface area contributed by atoms with Crippen molar-refractivity contribution in [3.63, 3.8) is 0 Å². The summed E-state index contributed by atoms with van der Waals surface area (Å²) >= 11 is 0. The smallest absolute Gasteiger partial charge is 0.148 e. The number of H-pyrrole nitrogens is 1. The lowest BCUT2D eigenvalue weighted by molar-refractivity contribution is 1.05. The van der Waals surface area contributed by atoms with Crippen LogP contribution in [0.2, 0.25) is 0 Å². The van der Waals surface area contributed by atoms with Crippen molar-refractivity contribution in [1.29, 1.82) is 10.5 Å². The molecule has 21 heavy (non-hydrogen) atoms. The van der Waals surface area contributed by atoms with Gasteiger partial charge in [-0.05, 0) is 34.6 Å². The van der Waals surface area contributed by atoms with Crippen molar-refractivity contribution in [3.8, 4) is 12.1 Å². The van der Waals surface area contributed by atoms with Gasteiger partial charge in [0.1, 0.15) is 5.82 Å². The fraction of sp³-hybridized carbons (Fsp3) is 0.357. The zero-order valence-electron chi connectivity index (χ0n) is 13.2. The minimum atomic E-state index is 0.551. The zero-order chi connectivity index (χ0) is 17.0. The maximum Gasteiger partial charge on any atom is 0.148 e. The maximum absolute atomic E-state index is 8.12. The van der Waals surface area contributed by atoms with Gasteiger partial charge in [-0.1, -0.05) is 0 Å². The fourth-order valence-electron chi connectivity index (χ4n) is 0.629. The van der Waals surface area contributed by atoms with E-state index in [1.165, 1.54) is 6.20 Å². The van der Waals surface area contributed by atoms with Crippen molar-refractivity contribution in [2.45, 2.75) is 34.6 Å². The Bertz CT molecular complexity index is 556. The highest BCUT2D eigenvalue weighted by atomic mass is 15.2. The molecule has 0 aliphatic carbocycles. The quantitative estimate of drug-likeness (QED) is 0.533. The number of nitrogen functional groups attached to an aromatic ring is 1. The van der Waals surface area contributed by atoms with Crippen LogP contribution in [0.5, 0.6) is 0 Å². The summed E-state index contributed by atoms with van der Waals surface area (Å²) in [4.78, 5) is 0. The first kappa shape index (κ1) is 20.4. The summed E-state index contributed by atoms with van der Waals surface area (Å²) in [6, 6.07) is 3.77.